The van der Waals surface area contributed by atoms with Gasteiger partial charge in [-0.25, -0.2) is 0 Å². The topological polar surface area (TPSA) is 24.4 Å². The molecule has 0 aromatic heterocycles. The average molecular weight is 176 g/mol. The summed E-state index contributed by atoms with van der Waals surface area (Å²) >= 11 is 0. The van der Waals surface area contributed by atoms with Crippen molar-refractivity contribution in [1.82, 2.24) is 5.32 Å². The van der Waals surface area contributed by atoms with Crippen LogP contribution in [0, 0.1) is 0 Å². The number of nitrogens with one attached hydrogen (secondary N) is 1. The Labute approximate surface area is 80.1 Å². The normalized spacial score (nSPS) is 13.1. The van der Waals surface area contributed by atoms with Gasteiger partial charge in [-0.2, -0.15) is 0 Å². The van der Waals surface area contributed by atoms with Crippen LogP contribution in [0.3, 0.4) is 0 Å². The second kappa shape index (κ2) is 7.10. The average Bonchev–Trinajstić information content (AvgIpc) is 2.16. The molecule has 0 unspecified atom stereocenters. The Bertz CT molecular complexity index is 257. The minimum Gasteiger partial charge on any atom is -0.386 e. The first kappa shape index (κ1) is 11.4. The van der Waals surface area contributed by atoms with E-state index in [0.29, 0.717) is 0 Å². The summed E-state index contributed by atoms with van der Waals surface area (Å²) in [6.45, 7) is 9.16. The Kier molecular flexibility index (Phi) is 6.24. The summed E-state index contributed by atoms with van der Waals surface area (Å²) in [5.41, 5.74) is 1.75. The van der Waals surface area contributed by atoms with Crippen LogP contribution < -0.4 is 5.32 Å². The molecule has 0 aliphatic rings. The lowest BCUT2D eigenvalue weighted by Crippen LogP contribution is -2.05. The summed E-state index contributed by atoms with van der Waals surface area (Å²) in [5.74, 6) is 0. The van der Waals surface area contributed by atoms with Crippen molar-refractivity contribution in [3.63, 3.8) is 0 Å². The van der Waals surface area contributed by atoms with Crippen molar-refractivity contribution in [3.05, 3.63) is 48.9 Å². The molecule has 0 spiro atoms. The van der Waals surface area contributed by atoms with E-state index in [0.717, 1.165) is 11.4 Å². The van der Waals surface area contributed by atoms with Gasteiger partial charge in [0.1, 0.15) is 0 Å². The van der Waals surface area contributed by atoms with Crippen molar-refractivity contribution < 1.29 is 0 Å². The first-order valence-corrected chi connectivity index (χ1v) is 4.12. The van der Waals surface area contributed by atoms with Gasteiger partial charge in [0, 0.05) is 13.3 Å². The predicted octanol–water partition coefficient (Wildman–Crippen LogP) is 2.44. The van der Waals surface area contributed by atoms with E-state index in [1.165, 1.54) is 0 Å². The van der Waals surface area contributed by atoms with Gasteiger partial charge in [-0.1, -0.05) is 25.3 Å². The standard InChI is InChI=1S/C11H16N2/c1-5-8-9-11(13-7-3)10(6-2)12-4/h5-9,12H,1-2H2,3-4H3/b9-8-,11-10-,13-7?. The molecular formula is C11H16N2. The van der Waals surface area contributed by atoms with E-state index >= 15 is 0 Å². The first-order valence-electron chi connectivity index (χ1n) is 4.12. The third-order valence-corrected chi connectivity index (χ3v) is 1.41. The fourth-order valence-electron chi connectivity index (χ4n) is 0.835. The van der Waals surface area contributed by atoms with Crippen LogP contribution in [0.1, 0.15) is 6.92 Å². The summed E-state index contributed by atoms with van der Waals surface area (Å²) < 4.78 is 0. The molecule has 0 fully saturated rings. The Morgan fingerprint density at radius 3 is 2.46 bits per heavy atom. The fourth-order valence-corrected chi connectivity index (χ4v) is 0.835. The van der Waals surface area contributed by atoms with E-state index in [9.17, 15) is 0 Å². The van der Waals surface area contributed by atoms with Gasteiger partial charge in [0.05, 0.1) is 11.4 Å². The molecule has 2 nitrogen and oxygen atoms in total. The van der Waals surface area contributed by atoms with Gasteiger partial charge in [-0.15, -0.1) is 0 Å². The molecule has 13 heavy (non-hydrogen) atoms. The first-order chi connectivity index (χ1) is 6.29. The lowest BCUT2D eigenvalue weighted by Gasteiger charge is -2.02. The van der Waals surface area contributed by atoms with Crippen LogP contribution in [0.2, 0.25) is 0 Å². The minimum absolute atomic E-state index is 0.847. The lowest BCUT2D eigenvalue weighted by atomic mass is 10.3. The monoisotopic (exact) mass is 176 g/mol. The Hall–Kier alpha value is -1.57. The Morgan fingerprint density at radius 2 is 2.08 bits per heavy atom. The van der Waals surface area contributed by atoms with Crippen LogP contribution in [0.25, 0.3) is 0 Å². The molecule has 0 saturated carbocycles. The minimum atomic E-state index is 0.847. The lowest BCUT2D eigenvalue weighted by molar-refractivity contribution is 1.01. The number of rotatable bonds is 5. The maximum absolute atomic E-state index is 4.19. The third-order valence-electron chi connectivity index (χ3n) is 1.41. The number of hydrogen-bond donors (Lipinski definition) is 1. The molecule has 1 N–H and O–H groups in total. The molecule has 70 valence electrons. The van der Waals surface area contributed by atoms with Gasteiger partial charge < -0.3 is 5.32 Å². The summed E-state index contributed by atoms with van der Waals surface area (Å²) in [4.78, 5) is 4.19. The van der Waals surface area contributed by atoms with Crippen LogP contribution in [0.15, 0.2) is 53.8 Å². The van der Waals surface area contributed by atoms with Crippen molar-refractivity contribution in [1.29, 1.82) is 0 Å². The van der Waals surface area contributed by atoms with Crippen molar-refractivity contribution in [3.8, 4) is 0 Å². The Balaban J connectivity index is 4.94. The van der Waals surface area contributed by atoms with Gasteiger partial charge in [0.25, 0.3) is 0 Å². The predicted molar refractivity (Wildman–Crippen MR) is 59.8 cm³/mol. The number of hydrogen-bond acceptors (Lipinski definition) is 2. The van der Waals surface area contributed by atoms with Crippen molar-refractivity contribution in [2.24, 2.45) is 4.99 Å². The third kappa shape index (κ3) is 4.11. The Morgan fingerprint density at radius 1 is 1.38 bits per heavy atom. The summed E-state index contributed by atoms with van der Waals surface area (Å²) in [5, 5.41) is 3.01. The second-order valence-corrected chi connectivity index (χ2v) is 2.24. The number of nitrogens with zero attached hydrogens (tertiary/aromatic N) is 1. The molecule has 2 heteroatoms. The fraction of sp³-hybridized carbons (Fsp3) is 0.182. The molecule has 0 aliphatic carbocycles. The zero-order chi connectivity index (χ0) is 10.1. The van der Waals surface area contributed by atoms with Crippen LogP contribution in [-0.4, -0.2) is 13.3 Å². The van der Waals surface area contributed by atoms with E-state index in [-0.39, 0.29) is 0 Å². The molecule has 0 aromatic carbocycles. The summed E-state index contributed by atoms with van der Waals surface area (Å²) in [6.07, 6.45) is 8.89. The molecule has 0 saturated heterocycles. The van der Waals surface area contributed by atoms with Crippen LogP contribution >= 0.6 is 0 Å². The molecule has 0 rings (SSSR count). The number of aliphatic imine (C=N–C) groups is 1. The van der Waals surface area contributed by atoms with Crippen LogP contribution in [0.5, 0.6) is 0 Å². The van der Waals surface area contributed by atoms with E-state index in [1.807, 2.05) is 26.1 Å². The summed E-state index contributed by atoms with van der Waals surface area (Å²) in [7, 11) is 1.84. The molecular weight excluding hydrogens is 160 g/mol. The zero-order valence-corrected chi connectivity index (χ0v) is 8.25. The zero-order valence-electron chi connectivity index (χ0n) is 8.25. The van der Waals surface area contributed by atoms with Gasteiger partial charge >= 0.3 is 0 Å². The highest BCUT2D eigenvalue weighted by Crippen LogP contribution is 2.05. The number of likely N-dealkylation sites (N-methyl/N-ethyl adjacent to an activating group) is 1. The van der Waals surface area contributed by atoms with E-state index < -0.39 is 0 Å². The quantitative estimate of drug-likeness (QED) is 0.505. The van der Waals surface area contributed by atoms with Crippen molar-refractivity contribution in [2.45, 2.75) is 6.92 Å². The highest BCUT2D eigenvalue weighted by Gasteiger charge is 1.94. The number of allylic oxidation sites excluding steroid dienone is 4. The van der Waals surface area contributed by atoms with Crippen LogP contribution in [-0.2, 0) is 0 Å². The molecule has 0 bridgehead atoms. The molecule has 0 atom stereocenters. The van der Waals surface area contributed by atoms with Crippen LogP contribution in [0.4, 0.5) is 0 Å². The van der Waals surface area contributed by atoms with Crippen molar-refractivity contribution >= 4 is 6.21 Å². The largest absolute Gasteiger partial charge is 0.386 e. The molecule has 0 radical (unpaired) electrons. The molecule has 0 aromatic rings. The highest BCUT2D eigenvalue weighted by atomic mass is 14.9. The smallest absolute Gasteiger partial charge is 0.0856 e. The van der Waals surface area contributed by atoms with Crippen molar-refractivity contribution in [2.75, 3.05) is 7.05 Å². The highest BCUT2D eigenvalue weighted by molar-refractivity contribution is 5.57. The maximum atomic E-state index is 4.19. The van der Waals surface area contributed by atoms with Gasteiger partial charge in [-0.3, -0.25) is 4.99 Å². The van der Waals surface area contributed by atoms with E-state index in [2.05, 4.69) is 23.5 Å². The van der Waals surface area contributed by atoms with E-state index in [1.54, 1.807) is 18.4 Å². The SMILES string of the molecule is C=C/C=C\C(N=CC)=C(/C=C)NC. The van der Waals surface area contributed by atoms with Gasteiger partial charge in [-0.05, 0) is 19.1 Å². The molecule has 0 amide bonds. The maximum Gasteiger partial charge on any atom is 0.0856 e. The van der Waals surface area contributed by atoms with Gasteiger partial charge in [0.15, 0.2) is 0 Å². The second-order valence-electron chi connectivity index (χ2n) is 2.24. The molecule has 0 aliphatic heterocycles. The summed E-state index contributed by atoms with van der Waals surface area (Å²) in [6, 6.07) is 0. The molecule has 0 heterocycles. The van der Waals surface area contributed by atoms with E-state index in [4.69, 9.17) is 0 Å². The van der Waals surface area contributed by atoms with Gasteiger partial charge in [0.2, 0.25) is 0 Å².